The SMILES string of the molecule is Cc1cccc(F)c1C(=O)N1CCCCC1C1(N(C(=O)O)c2ccccc2)CCCC1. The van der Waals surface area contributed by atoms with Crippen molar-refractivity contribution >= 4 is 17.7 Å². The number of aryl methyl sites for hydroxylation is 1. The maximum Gasteiger partial charge on any atom is 0.412 e. The molecule has 2 amide bonds. The van der Waals surface area contributed by atoms with E-state index in [0.29, 0.717) is 30.6 Å². The Hall–Kier alpha value is -2.89. The van der Waals surface area contributed by atoms with Gasteiger partial charge in [0.05, 0.1) is 17.1 Å². The second kappa shape index (κ2) is 8.69. The summed E-state index contributed by atoms with van der Waals surface area (Å²) in [6.07, 6.45) is 4.68. The van der Waals surface area contributed by atoms with Crippen molar-refractivity contribution in [2.75, 3.05) is 11.4 Å². The highest BCUT2D eigenvalue weighted by Gasteiger charge is 2.52. The molecule has 1 unspecified atom stereocenters. The van der Waals surface area contributed by atoms with Crippen molar-refractivity contribution in [3.8, 4) is 0 Å². The van der Waals surface area contributed by atoms with Crippen LogP contribution in [0.15, 0.2) is 48.5 Å². The van der Waals surface area contributed by atoms with E-state index in [1.807, 2.05) is 30.3 Å². The lowest BCUT2D eigenvalue weighted by Crippen LogP contribution is -2.65. The number of carboxylic acid groups (broad SMARTS) is 1. The fourth-order valence-corrected chi connectivity index (χ4v) is 5.61. The van der Waals surface area contributed by atoms with Crippen molar-refractivity contribution < 1.29 is 19.1 Å². The fourth-order valence-electron chi connectivity index (χ4n) is 5.61. The van der Waals surface area contributed by atoms with Crippen LogP contribution in [0.5, 0.6) is 0 Å². The lowest BCUT2D eigenvalue weighted by molar-refractivity contribution is 0.0446. The van der Waals surface area contributed by atoms with Gasteiger partial charge in [0, 0.05) is 12.2 Å². The molecule has 1 saturated heterocycles. The van der Waals surface area contributed by atoms with Crippen LogP contribution in [0.3, 0.4) is 0 Å². The normalized spacial score (nSPS) is 20.5. The fraction of sp³-hybridized carbons (Fsp3) is 0.440. The van der Waals surface area contributed by atoms with E-state index in [1.165, 1.54) is 11.0 Å². The number of rotatable bonds is 4. The minimum atomic E-state index is -1.01. The van der Waals surface area contributed by atoms with E-state index < -0.39 is 17.4 Å². The molecule has 2 aromatic rings. The number of piperidine rings is 1. The van der Waals surface area contributed by atoms with Crippen LogP contribution in [0.4, 0.5) is 14.9 Å². The third-order valence-corrected chi connectivity index (χ3v) is 6.94. The Morgan fingerprint density at radius 2 is 1.74 bits per heavy atom. The highest BCUT2D eigenvalue weighted by Crippen LogP contribution is 2.45. The number of carbonyl (C=O) groups excluding carboxylic acids is 1. The number of benzene rings is 2. The van der Waals surface area contributed by atoms with Gasteiger partial charge in [-0.3, -0.25) is 9.69 Å². The first-order chi connectivity index (χ1) is 15.0. The summed E-state index contributed by atoms with van der Waals surface area (Å²) in [5.41, 5.74) is 0.622. The van der Waals surface area contributed by atoms with E-state index in [1.54, 1.807) is 24.0 Å². The minimum Gasteiger partial charge on any atom is -0.465 e. The van der Waals surface area contributed by atoms with Gasteiger partial charge in [0.15, 0.2) is 0 Å². The summed E-state index contributed by atoms with van der Waals surface area (Å²) in [7, 11) is 0. The summed E-state index contributed by atoms with van der Waals surface area (Å²) < 4.78 is 14.7. The molecule has 2 fully saturated rings. The number of hydrogen-bond donors (Lipinski definition) is 1. The lowest BCUT2D eigenvalue weighted by Gasteiger charge is -2.51. The zero-order valence-electron chi connectivity index (χ0n) is 17.9. The molecule has 0 bridgehead atoms. The number of hydrogen-bond acceptors (Lipinski definition) is 2. The predicted molar refractivity (Wildman–Crippen MR) is 118 cm³/mol. The monoisotopic (exact) mass is 424 g/mol. The van der Waals surface area contributed by atoms with Crippen LogP contribution in [0.25, 0.3) is 0 Å². The molecule has 2 aliphatic rings. The van der Waals surface area contributed by atoms with Crippen molar-refractivity contribution in [3.63, 3.8) is 0 Å². The van der Waals surface area contributed by atoms with Gasteiger partial charge in [-0.2, -0.15) is 0 Å². The Bertz CT molecular complexity index is 936. The zero-order chi connectivity index (χ0) is 22.0. The molecular weight excluding hydrogens is 395 g/mol. The van der Waals surface area contributed by atoms with E-state index in [0.717, 1.165) is 32.1 Å². The topological polar surface area (TPSA) is 60.9 Å². The van der Waals surface area contributed by atoms with Crippen LogP contribution in [0.2, 0.25) is 0 Å². The first kappa shape index (κ1) is 21.3. The number of nitrogens with zero attached hydrogens (tertiary/aromatic N) is 2. The van der Waals surface area contributed by atoms with E-state index in [-0.39, 0.29) is 17.5 Å². The number of halogens is 1. The van der Waals surface area contributed by atoms with E-state index in [9.17, 15) is 19.1 Å². The molecule has 2 aromatic carbocycles. The van der Waals surface area contributed by atoms with E-state index in [4.69, 9.17) is 0 Å². The van der Waals surface area contributed by atoms with Crippen molar-refractivity contribution in [2.24, 2.45) is 0 Å². The molecule has 6 heteroatoms. The molecule has 1 aliphatic carbocycles. The third-order valence-electron chi connectivity index (χ3n) is 6.94. The minimum absolute atomic E-state index is 0.101. The van der Waals surface area contributed by atoms with Gasteiger partial charge in [-0.1, -0.05) is 43.2 Å². The smallest absolute Gasteiger partial charge is 0.412 e. The summed E-state index contributed by atoms with van der Waals surface area (Å²) >= 11 is 0. The highest BCUT2D eigenvalue weighted by atomic mass is 19.1. The summed E-state index contributed by atoms with van der Waals surface area (Å²) in [6.45, 7) is 2.26. The van der Waals surface area contributed by atoms with Crippen LogP contribution in [0, 0.1) is 12.7 Å². The van der Waals surface area contributed by atoms with Crippen LogP contribution in [-0.4, -0.2) is 40.1 Å². The van der Waals surface area contributed by atoms with Crippen LogP contribution in [0.1, 0.15) is 60.9 Å². The van der Waals surface area contributed by atoms with Gasteiger partial charge in [0.25, 0.3) is 5.91 Å². The van der Waals surface area contributed by atoms with Crippen molar-refractivity contribution in [3.05, 3.63) is 65.5 Å². The molecule has 0 radical (unpaired) electrons. The average Bonchev–Trinajstić information content (AvgIpc) is 3.24. The summed E-state index contributed by atoms with van der Waals surface area (Å²) in [5.74, 6) is -0.849. The largest absolute Gasteiger partial charge is 0.465 e. The molecule has 0 aromatic heterocycles. The van der Waals surface area contributed by atoms with Gasteiger partial charge >= 0.3 is 6.09 Å². The molecule has 1 atom stereocenters. The molecule has 1 heterocycles. The number of amides is 2. The number of anilines is 1. The molecule has 164 valence electrons. The zero-order valence-corrected chi connectivity index (χ0v) is 17.9. The number of likely N-dealkylation sites (tertiary alicyclic amines) is 1. The van der Waals surface area contributed by atoms with E-state index >= 15 is 0 Å². The Kier molecular flexibility index (Phi) is 5.99. The molecule has 1 aliphatic heterocycles. The van der Waals surface area contributed by atoms with Crippen LogP contribution in [-0.2, 0) is 0 Å². The third kappa shape index (κ3) is 3.80. The summed E-state index contributed by atoms with van der Waals surface area (Å²) in [6, 6.07) is 13.5. The second-order valence-corrected chi connectivity index (χ2v) is 8.71. The number of para-hydroxylation sites is 1. The van der Waals surface area contributed by atoms with Gasteiger partial charge in [-0.25, -0.2) is 9.18 Å². The van der Waals surface area contributed by atoms with Crippen LogP contribution >= 0.6 is 0 Å². The van der Waals surface area contributed by atoms with Crippen molar-refractivity contribution in [1.29, 1.82) is 0 Å². The van der Waals surface area contributed by atoms with Gasteiger partial charge < -0.3 is 10.0 Å². The van der Waals surface area contributed by atoms with Crippen molar-refractivity contribution in [2.45, 2.75) is 63.5 Å². The summed E-state index contributed by atoms with van der Waals surface area (Å²) in [5, 5.41) is 10.3. The highest BCUT2D eigenvalue weighted by molar-refractivity contribution is 5.96. The Morgan fingerprint density at radius 1 is 1.03 bits per heavy atom. The van der Waals surface area contributed by atoms with Crippen LogP contribution < -0.4 is 4.90 Å². The Labute approximate surface area is 182 Å². The first-order valence-electron chi connectivity index (χ1n) is 11.1. The van der Waals surface area contributed by atoms with Gasteiger partial charge in [-0.15, -0.1) is 0 Å². The summed E-state index contributed by atoms with van der Waals surface area (Å²) in [4.78, 5) is 29.4. The molecule has 0 spiro atoms. The average molecular weight is 425 g/mol. The molecule has 1 saturated carbocycles. The lowest BCUT2D eigenvalue weighted by atomic mass is 9.79. The maximum absolute atomic E-state index is 14.7. The molecular formula is C25H29FN2O3. The maximum atomic E-state index is 14.7. The van der Waals surface area contributed by atoms with Gasteiger partial charge in [0.2, 0.25) is 0 Å². The number of carbonyl (C=O) groups is 2. The van der Waals surface area contributed by atoms with Gasteiger partial charge in [-0.05, 0) is 62.8 Å². The molecule has 1 N–H and O–H groups in total. The second-order valence-electron chi connectivity index (χ2n) is 8.71. The predicted octanol–water partition coefficient (Wildman–Crippen LogP) is 5.63. The molecule has 31 heavy (non-hydrogen) atoms. The quantitative estimate of drug-likeness (QED) is 0.692. The first-order valence-corrected chi connectivity index (χ1v) is 11.1. The Morgan fingerprint density at radius 3 is 2.39 bits per heavy atom. The Balaban J connectivity index is 1.79. The molecule has 5 nitrogen and oxygen atoms in total. The molecule has 4 rings (SSSR count). The van der Waals surface area contributed by atoms with Crippen molar-refractivity contribution in [1.82, 2.24) is 4.90 Å². The van der Waals surface area contributed by atoms with Gasteiger partial charge in [0.1, 0.15) is 5.82 Å². The van der Waals surface area contributed by atoms with E-state index in [2.05, 4.69) is 0 Å². The standard InChI is InChI=1S/C25H29FN2O3/c1-18-10-9-13-20(26)22(18)23(29)27-17-8-5-14-21(27)25(15-6-7-16-25)28(24(30)31)19-11-3-2-4-12-19/h2-4,9-13,21H,5-8,14-17H2,1H3,(H,30,31).